The van der Waals surface area contributed by atoms with Crippen molar-refractivity contribution in [3.05, 3.63) is 30.3 Å². The zero-order valence-corrected chi connectivity index (χ0v) is 15.4. The minimum atomic E-state index is -0.150. The molecule has 1 saturated heterocycles. The van der Waals surface area contributed by atoms with Crippen molar-refractivity contribution in [1.29, 1.82) is 0 Å². The third kappa shape index (κ3) is 7.01. The lowest BCUT2D eigenvalue weighted by Gasteiger charge is -2.32. The second kappa shape index (κ2) is 11.5. The predicted octanol–water partition coefficient (Wildman–Crippen LogP) is 0.656. The molecule has 7 nitrogen and oxygen atoms in total. The molecule has 1 aromatic rings. The number of nitrogens with zero attached hydrogens (tertiary/aromatic N) is 1. The summed E-state index contributed by atoms with van der Waals surface area (Å²) in [6.07, 6.45) is 1.65. The van der Waals surface area contributed by atoms with E-state index in [1.165, 1.54) is 0 Å². The molecule has 1 unspecified atom stereocenters. The topological polar surface area (TPSA) is 79.9 Å². The summed E-state index contributed by atoms with van der Waals surface area (Å²) in [6.45, 7) is 3.83. The van der Waals surface area contributed by atoms with E-state index in [1.807, 2.05) is 30.3 Å². The lowest BCUT2D eigenvalue weighted by Crippen LogP contribution is -2.47. The maximum Gasteiger partial charge on any atom is 0.260 e. The molecule has 7 heteroatoms. The van der Waals surface area contributed by atoms with Gasteiger partial charge in [-0.15, -0.1) is 0 Å². The summed E-state index contributed by atoms with van der Waals surface area (Å²) in [4.78, 5) is 26.4. The van der Waals surface area contributed by atoms with Crippen molar-refractivity contribution < 1.29 is 19.1 Å². The summed E-state index contributed by atoms with van der Waals surface area (Å²) in [5.74, 6) is 0.462. The molecule has 1 aliphatic rings. The van der Waals surface area contributed by atoms with Crippen molar-refractivity contribution in [2.24, 2.45) is 5.92 Å². The first-order valence-electron chi connectivity index (χ1n) is 9.13. The van der Waals surface area contributed by atoms with E-state index in [4.69, 9.17) is 9.47 Å². The summed E-state index contributed by atoms with van der Waals surface area (Å²) in [6, 6.07) is 9.27. The van der Waals surface area contributed by atoms with Crippen LogP contribution in [0.15, 0.2) is 30.3 Å². The average molecular weight is 363 g/mol. The highest BCUT2D eigenvalue weighted by Gasteiger charge is 2.28. The highest BCUT2D eigenvalue weighted by molar-refractivity contribution is 5.81. The number of hydrogen-bond acceptors (Lipinski definition) is 5. The molecule has 0 saturated carbocycles. The Bertz CT molecular complexity index is 553. The van der Waals surface area contributed by atoms with Crippen LogP contribution < -0.4 is 15.4 Å². The van der Waals surface area contributed by atoms with Crippen molar-refractivity contribution in [2.75, 3.05) is 53.0 Å². The van der Waals surface area contributed by atoms with Gasteiger partial charge in [0.25, 0.3) is 5.91 Å². The number of likely N-dealkylation sites (tertiary alicyclic amines) is 1. The van der Waals surface area contributed by atoms with Crippen LogP contribution in [0.4, 0.5) is 0 Å². The Morgan fingerprint density at radius 3 is 2.77 bits per heavy atom. The number of benzene rings is 1. The lowest BCUT2D eigenvalue weighted by atomic mass is 9.97. The van der Waals surface area contributed by atoms with Crippen LogP contribution in [0, 0.1) is 5.92 Å². The fraction of sp³-hybridized carbons (Fsp3) is 0.579. The van der Waals surface area contributed by atoms with Gasteiger partial charge in [0.15, 0.2) is 6.61 Å². The third-order valence-corrected chi connectivity index (χ3v) is 4.33. The molecule has 0 spiro atoms. The number of rotatable bonds is 10. The van der Waals surface area contributed by atoms with Gasteiger partial charge in [0, 0.05) is 39.8 Å². The molecular weight excluding hydrogens is 334 g/mol. The Balaban J connectivity index is 1.68. The third-order valence-electron chi connectivity index (χ3n) is 4.33. The number of nitrogens with one attached hydrogen (secondary N) is 2. The molecule has 1 atom stereocenters. The Morgan fingerprint density at radius 1 is 1.19 bits per heavy atom. The Hall–Kier alpha value is -2.12. The van der Waals surface area contributed by atoms with Gasteiger partial charge in [-0.1, -0.05) is 18.2 Å². The molecule has 2 N–H and O–H groups in total. The zero-order chi connectivity index (χ0) is 18.6. The number of carbonyl (C=O) groups excluding carboxylic acids is 2. The summed E-state index contributed by atoms with van der Waals surface area (Å²) < 4.78 is 10.5. The minimum absolute atomic E-state index is 0.00176. The lowest BCUT2D eigenvalue weighted by molar-refractivity contribution is -0.137. The molecule has 1 aliphatic heterocycles. The number of hydrogen-bond donors (Lipinski definition) is 2. The summed E-state index contributed by atoms with van der Waals surface area (Å²) in [5.41, 5.74) is 0. The van der Waals surface area contributed by atoms with Crippen LogP contribution in [0.3, 0.4) is 0 Å². The van der Waals surface area contributed by atoms with E-state index in [-0.39, 0.29) is 24.3 Å². The zero-order valence-electron chi connectivity index (χ0n) is 15.4. The van der Waals surface area contributed by atoms with Crippen molar-refractivity contribution in [3.63, 3.8) is 0 Å². The highest BCUT2D eigenvalue weighted by Crippen LogP contribution is 2.17. The first kappa shape index (κ1) is 20.2. The van der Waals surface area contributed by atoms with E-state index in [9.17, 15) is 9.59 Å². The number of methoxy groups -OCH3 is 1. The van der Waals surface area contributed by atoms with Crippen LogP contribution in [-0.4, -0.2) is 69.8 Å². The number of amides is 2. The van der Waals surface area contributed by atoms with Crippen LogP contribution in [-0.2, 0) is 14.3 Å². The average Bonchev–Trinajstić information content (AvgIpc) is 2.69. The Kier molecular flexibility index (Phi) is 8.92. The van der Waals surface area contributed by atoms with Gasteiger partial charge >= 0.3 is 0 Å². The quantitative estimate of drug-likeness (QED) is 0.597. The van der Waals surface area contributed by atoms with E-state index >= 15 is 0 Å². The monoisotopic (exact) mass is 363 g/mol. The molecule has 26 heavy (non-hydrogen) atoms. The van der Waals surface area contributed by atoms with E-state index in [1.54, 1.807) is 12.0 Å². The van der Waals surface area contributed by atoms with Crippen LogP contribution in [0.5, 0.6) is 5.75 Å². The maximum absolute atomic E-state index is 12.3. The van der Waals surface area contributed by atoms with Gasteiger partial charge in [0.2, 0.25) is 5.91 Å². The number of piperidine rings is 1. The second-order valence-corrected chi connectivity index (χ2v) is 6.31. The molecule has 0 radical (unpaired) electrons. The first-order chi connectivity index (χ1) is 12.7. The molecule has 0 bridgehead atoms. The number of ether oxygens (including phenoxy) is 2. The molecule has 0 aromatic heterocycles. The SMILES string of the molecule is COCCNCCNC(=O)C1CCCN(C(=O)COc2ccccc2)C1. The number of para-hydroxylation sites is 1. The van der Waals surface area contributed by atoms with Crippen molar-refractivity contribution >= 4 is 11.8 Å². The van der Waals surface area contributed by atoms with Gasteiger partial charge in [0.05, 0.1) is 12.5 Å². The van der Waals surface area contributed by atoms with Gasteiger partial charge in [-0.05, 0) is 25.0 Å². The van der Waals surface area contributed by atoms with Crippen molar-refractivity contribution in [2.45, 2.75) is 12.8 Å². The fourth-order valence-corrected chi connectivity index (χ4v) is 2.89. The van der Waals surface area contributed by atoms with Gasteiger partial charge < -0.3 is 25.0 Å². The van der Waals surface area contributed by atoms with E-state index in [0.29, 0.717) is 38.5 Å². The van der Waals surface area contributed by atoms with Crippen molar-refractivity contribution in [1.82, 2.24) is 15.5 Å². The van der Waals surface area contributed by atoms with Crippen LogP contribution in [0.1, 0.15) is 12.8 Å². The van der Waals surface area contributed by atoms with E-state index < -0.39 is 0 Å². The molecule has 1 heterocycles. The van der Waals surface area contributed by atoms with Gasteiger partial charge in [-0.25, -0.2) is 0 Å². The van der Waals surface area contributed by atoms with Gasteiger partial charge in [0.1, 0.15) is 5.75 Å². The smallest absolute Gasteiger partial charge is 0.260 e. The maximum atomic E-state index is 12.3. The molecule has 1 fully saturated rings. The Morgan fingerprint density at radius 2 is 2.00 bits per heavy atom. The molecule has 2 amide bonds. The van der Waals surface area contributed by atoms with Gasteiger partial charge in [-0.3, -0.25) is 9.59 Å². The first-order valence-corrected chi connectivity index (χ1v) is 9.13. The molecule has 0 aliphatic carbocycles. The molecule has 1 aromatic carbocycles. The van der Waals surface area contributed by atoms with Crippen LogP contribution >= 0.6 is 0 Å². The highest BCUT2D eigenvalue weighted by atomic mass is 16.5. The summed E-state index contributed by atoms with van der Waals surface area (Å²) >= 11 is 0. The molecular formula is C19H29N3O4. The normalized spacial score (nSPS) is 17.0. The standard InChI is InChI=1S/C19H29N3O4/c1-25-13-11-20-9-10-21-19(24)16-6-5-12-22(14-16)18(23)15-26-17-7-3-2-4-8-17/h2-4,7-8,16,20H,5-6,9-15H2,1H3,(H,21,24). The van der Waals surface area contributed by atoms with Crippen LogP contribution in [0.2, 0.25) is 0 Å². The fourth-order valence-electron chi connectivity index (χ4n) is 2.89. The molecule has 144 valence electrons. The number of carbonyl (C=O) groups is 2. The largest absolute Gasteiger partial charge is 0.484 e. The second-order valence-electron chi connectivity index (χ2n) is 6.31. The minimum Gasteiger partial charge on any atom is -0.484 e. The molecule has 2 rings (SSSR count). The van der Waals surface area contributed by atoms with E-state index in [2.05, 4.69) is 10.6 Å². The predicted molar refractivity (Wildman–Crippen MR) is 99.0 cm³/mol. The van der Waals surface area contributed by atoms with Crippen molar-refractivity contribution in [3.8, 4) is 5.75 Å². The van der Waals surface area contributed by atoms with Crippen LogP contribution in [0.25, 0.3) is 0 Å². The van der Waals surface area contributed by atoms with Gasteiger partial charge in [-0.2, -0.15) is 0 Å². The van der Waals surface area contributed by atoms with E-state index in [0.717, 1.165) is 19.4 Å². The summed E-state index contributed by atoms with van der Waals surface area (Å²) in [7, 11) is 1.66. The Labute approximate surface area is 155 Å². The summed E-state index contributed by atoms with van der Waals surface area (Å²) in [5, 5.41) is 6.12.